The van der Waals surface area contributed by atoms with Gasteiger partial charge in [0, 0.05) is 5.56 Å². The standard InChI is InChI=1S/C19H22N2O3/c1-5-16-15(19(23)24)7-6-14(21-16)10-20-18(22)17-12(3)8-11(2)9-13(17)4/h6-9H,5,10H2,1-4H3,(H,20,22)(H,23,24). The fourth-order valence-corrected chi connectivity index (χ4v) is 2.91. The lowest BCUT2D eigenvalue weighted by Gasteiger charge is -2.12. The number of nitrogens with one attached hydrogen (secondary N) is 1. The normalized spacial score (nSPS) is 10.5. The lowest BCUT2D eigenvalue weighted by molar-refractivity contribution is 0.0694. The van der Waals surface area contributed by atoms with Gasteiger partial charge in [0.2, 0.25) is 0 Å². The van der Waals surface area contributed by atoms with Gasteiger partial charge in [0.05, 0.1) is 23.5 Å². The van der Waals surface area contributed by atoms with Crippen LogP contribution in [0.5, 0.6) is 0 Å². The lowest BCUT2D eigenvalue weighted by atomic mass is 9.99. The van der Waals surface area contributed by atoms with E-state index in [2.05, 4.69) is 10.3 Å². The highest BCUT2D eigenvalue weighted by molar-refractivity contribution is 5.97. The van der Waals surface area contributed by atoms with Crippen LogP contribution in [0.25, 0.3) is 0 Å². The van der Waals surface area contributed by atoms with E-state index in [1.165, 1.54) is 6.07 Å². The van der Waals surface area contributed by atoms with Gasteiger partial charge < -0.3 is 10.4 Å². The molecule has 0 unspecified atom stereocenters. The topological polar surface area (TPSA) is 79.3 Å². The van der Waals surface area contributed by atoms with Crippen LogP contribution in [0, 0.1) is 20.8 Å². The Hall–Kier alpha value is -2.69. The lowest BCUT2D eigenvalue weighted by Crippen LogP contribution is -2.25. The van der Waals surface area contributed by atoms with Crippen LogP contribution in [0.4, 0.5) is 0 Å². The first-order valence-corrected chi connectivity index (χ1v) is 7.91. The van der Waals surface area contributed by atoms with Crippen LogP contribution >= 0.6 is 0 Å². The average Bonchev–Trinajstić information content (AvgIpc) is 2.51. The number of hydrogen-bond donors (Lipinski definition) is 2. The zero-order valence-electron chi connectivity index (χ0n) is 14.4. The maximum atomic E-state index is 12.5. The zero-order valence-corrected chi connectivity index (χ0v) is 14.4. The van der Waals surface area contributed by atoms with Crippen molar-refractivity contribution in [3.05, 3.63) is 63.5 Å². The largest absolute Gasteiger partial charge is 0.478 e. The first kappa shape index (κ1) is 17.7. The number of amides is 1. The van der Waals surface area contributed by atoms with Gasteiger partial charge >= 0.3 is 5.97 Å². The number of pyridine rings is 1. The molecule has 5 nitrogen and oxygen atoms in total. The Balaban J connectivity index is 2.17. The summed E-state index contributed by atoms with van der Waals surface area (Å²) >= 11 is 0. The summed E-state index contributed by atoms with van der Waals surface area (Å²) in [7, 11) is 0. The van der Waals surface area contributed by atoms with E-state index in [1.54, 1.807) is 6.07 Å². The predicted molar refractivity (Wildman–Crippen MR) is 92.4 cm³/mol. The summed E-state index contributed by atoms with van der Waals surface area (Å²) in [5.74, 6) is -1.13. The molecule has 0 spiro atoms. The van der Waals surface area contributed by atoms with Crippen molar-refractivity contribution in [2.45, 2.75) is 40.7 Å². The Morgan fingerprint density at radius 1 is 1.12 bits per heavy atom. The van der Waals surface area contributed by atoms with Crippen LogP contribution in [0.2, 0.25) is 0 Å². The van der Waals surface area contributed by atoms with E-state index >= 15 is 0 Å². The third kappa shape index (κ3) is 3.79. The number of hydrogen-bond acceptors (Lipinski definition) is 3. The molecule has 0 aliphatic rings. The molecule has 2 aromatic rings. The first-order chi connectivity index (χ1) is 11.3. The van der Waals surface area contributed by atoms with Crippen LogP contribution in [0.1, 0.15) is 55.7 Å². The summed E-state index contributed by atoms with van der Waals surface area (Å²) < 4.78 is 0. The van der Waals surface area contributed by atoms with E-state index in [1.807, 2.05) is 39.8 Å². The van der Waals surface area contributed by atoms with Crippen LogP contribution in [0.15, 0.2) is 24.3 Å². The SMILES string of the molecule is CCc1nc(CNC(=O)c2c(C)cc(C)cc2C)ccc1C(=O)O. The van der Waals surface area contributed by atoms with E-state index in [9.17, 15) is 9.59 Å². The fraction of sp³-hybridized carbons (Fsp3) is 0.316. The van der Waals surface area contributed by atoms with Crippen molar-refractivity contribution in [3.8, 4) is 0 Å². The van der Waals surface area contributed by atoms with E-state index in [-0.39, 0.29) is 18.0 Å². The van der Waals surface area contributed by atoms with Gasteiger partial charge in [-0.25, -0.2) is 4.79 Å². The molecule has 1 heterocycles. The predicted octanol–water partition coefficient (Wildman–Crippen LogP) is 3.20. The Labute approximate surface area is 141 Å². The minimum absolute atomic E-state index is 0.146. The highest BCUT2D eigenvalue weighted by Gasteiger charge is 2.14. The molecule has 126 valence electrons. The molecule has 2 rings (SSSR count). The summed E-state index contributed by atoms with van der Waals surface area (Å²) in [6.45, 7) is 7.96. The van der Waals surface area contributed by atoms with E-state index in [4.69, 9.17) is 5.11 Å². The molecule has 2 N–H and O–H groups in total. The Bertz CT molecular complexity index is 774. The van der Waals surface area contributed by atoms with E-state index < -0.39 is 5.97 Å². The number of carboxylic acid groups (broad SMARTS) is 1. The van der Waals surface area contributed by atoms with Crippen molar-refractivity contribution in [2.75, 3.05) is 0 Å². The van der Waals surface area contributed by atoms with Gasteiger partial charge in [-0.05, 0) is 50.5 Å². The molecular weight excluding hydrogens is 304 g/mol. The highest BCUT2D eigenvalue weighted by Crippen LogP contribution is 2.16. The molecule has 0 saturated carbocycles. The number of carbonyl (C=O) groups is 2. The molecule has 0 bridgehead atoms. The van der Waals surface area contributed by atoms with Crippen molar-refractivity contribution in [2.24, 2.45) is 0 Å². The van der Waals surface area contributed by atoms with E-state index in [0.717, 1.165) is 16.7 Å². The number of benzene rings is 1. The van der Waals surface area contributed by atoms with Crippen molar-refractivity contribution in [1.82, 2.24) is 10.3 Å². The minimum atomic E-state index is -0.985. The Morgan fingerprint density at radius 2 is 1.75 bits per heavy atom. The second-order valence-corrected chi connectivity index (χ2v) is 5.91. The number of rotatable bonds is 5. The summed E-state index contributed by atoms with van der Waals surface area (Å²) in [6, 6.07) is 7.14. The first-order valence-electron chi connectivity index (χ1n) is 7.91. The summed E-state index contributed by atoms with van der Waals surface area (Å²) in [4.78, 5) is 27.9. The van der Waals surface area contributed by atoms with Crippen molar-refractivity contribution in [3.63, 3.8) is 0 Å². The summed E-state index contributed by atoms with van der Waals surface area (Å²) in [5, 5.41) is 12.0. The molecule has 0 fully saturated rings. The van der Waals surface area contributed by atoms with Gasteiger partial charge in [0.15, 0.2) is 0 Å². The number of aryl methyl sites for hydroxylation is 4. The molecule has 0 aliphatic carbocycles. The molecule has 0 saturated heterocycles. The van der Waals surface area contributed by atoms with Crippen LogP contribution in [0.3, 0.4) is 0 Å². The van der Waals surface area contributed by atoms with Crippen molar-refractivity contribution < 1.29 is 14.7 Å². The monoisotopic (exact) mass is 326 g/mol. The molecular formula is C19H22N2O3. The average molecular weight is 326 g/mol. The zero-order chi connectivity index (χ0) is 17.9. The number of aromatic carboxylic acids is 1. The molecule has 1 aromatic carbocycles. The maximum absolute atomic E-state index is 12.5. The summed E-state index contributed by atoms with van der Waals surface area (Å²) in [5.41, 5.74) is 5.06. The molecule has 0 aliphatic heterocycles. The Morgan fingerprint density at radius 3 is 2.29 bits per heavy atom. The van der Waals surface area contributed by atoms with Crippen LogP contribution in [-0.4, -0.2) is 22.0 Å². The van der Waals surface area contributed by atoms with Gasteiger partial charge in [-0.1, -0.05) is 24.6 Å². The quantitative estimate of drug-likeness (QED) is 0.884. The molecule has 0 atom stereocenters. The molecule has 0 radical (unpaired) electrons. The van der Waals surface area contributed by atoms with Gasteiger partial charge in [0.1, 0.15) is 0 Å². The second-order valence-electron chi connectivity index (χ2n) is 5.91. The number of carboxylic acids is 1. The van der Waals surface area contributed by atoms with Gasteiger partial charge in [-0.3, -0.25) is 9.78 Å². The van der Waals surface area contributed by atoms with Gasteiger partial charge in [-0.15, -0.1) is 0 Å². The number of nitrogens with zero attached hydrogens (tertiary/aromatic N) is 1. The number of aromatic nitrogens is 1. The number of carbonyl (C=O) groups excluding carboxylic acids is 1. The Kier molecular flexibility index (Phi) is 5.34. The molecule has 24 heavy (non-hydrogen) atoms. The smallest absolute Gasteiger partial charge is 0.337 e. The van der Waals surface area contributed by atoms with Gasteiger partial charge in [0.25, 0.3) is 5.91 Å². The fourth-order valence-electron chi connectivity index (χ4n) is 2.91. The maximum Gasteiger partial charge on any atom is 0.337 e. The van der Waals surface area contributed by atoms with Gasteiger partial charge in [-0.2, -0.15) is 0 Å². The molecule has 1 aromatic heterocycles. The van der Waals surface area contributed by atoms with Crippen molar-refractivity contribution >= 4 is 11.9 Å². The van der Waals surface area contributed by atoms with Crippen LogP contribution in [-0.2, 0) is 13.0 Å². The highest BCUT2D eigenvalue weighted by atomic mass is 16.4. The third-order valence-corrected chi connectivity index (χ3v) is 3.93. The van der Waals surface area contributed by atoms with Crippen LogP contribution < -0.4 is 5.32 Å². The minimum Gasteiger partial charge on any atom is -0.478 e. The molecule has 5 heteroatoms. The van der Waals surface area contributed by atoms with E-state index in [0.29, 0.717) is 23.4 Å². The summed E-state index contributed by atoms with van der Waals surface area (Å²) in [6.07, 6.45) is 0.527. The molecule has 1 amide bonds. The third-order valence-electron chi connectivity index (χ3n) is 3.93. The van der Waals surface area contributed by atoms with Crippen molar-refractivity contribution in [1.29, 1.82) is 0 Å². The second kappa shape index (κ2) is 7.25.